The van der Waals surface area contributed by atoms with Gasteiger partial charge in [-0.3, -0.25) is 0 Å². The van der Waals surface area contributed by atoms with Crippen molar-refractivity contribution in [3.05, 3.63) is 41.5 Å². The molecule has 0 heterocycles. The molecule has 0 saturated heterocycles. The van der Waals surface area contributed by atoms with Crippen molar-refractivity contribution in [1.29, 1.82) is 5.26 Å². The zero-order chi connectivity index (χ0) is 15.7. The second-order valence-corrected chi connectivity index (χ2v) is 5.29. The van der Waals surface area contributed by atoms with Crippen molar-refractivity contribution in [2.75, 3.05) is 7.11 Å². The van der Waals surface area contributed by atoms with Gasteiger partial charge in [-0.25, -0.2) is 9.18 Å². The third-order valence-electron chi connectivity index (χ3n) is 4.16. The number of hydrogen-bond acceptors (Lipinski definition) is 3. The number of rotatable bonds is 5. The molecule has 110 valence electrons. The lowest BCUT2D eigenvalue weighted by atomic mass is 9.85. The fourth-order valence-corrected chi connectivity index (χ4v) is 2.45. The summed E-state index contributed by atoms with van der Waals surface area (Å²) in [7, 11) is 1.41. The third kappa shape index (κ3) is 2.43. The van der Waals surface area contributed by atoms with Gasteiger partial charge in [0.1, 0.15) is 17.2 Å². The number of ether oxygens (including phenoxy) is 1. The third-order valence-corrected chi connectivity index (χ3v) is 4.16. The minimum Gasteiger partial charge on any atom is -0.478 e. The molecule has 0 aliphatic heterocycles. The molecule has 5 heteroatoms. The van der Waals surface area contributed by atoms with Crippen LogP contribution in [0, 0.1) is 16.7 Å². The number of carbonyl (C=O) groups is 1. The SMILES string of the molecule is CO[C@](C)(/C=C/c1ccccc1C(=O)O)[C@]1(C#N)C[C@@H]1F. The van der Waals surface area contributed by atoms with E-state index in [2.05, 4.69) is 0 Å². The molecule has 1 saturated carbocycles. The molecule has 0 bridgehead atoms. The molecule has 1 aromatic carbocycles. The summed E-state index contributed by atoms with van der Waals surface area (Å²) in [5.41, 5.74) is -1.67. The molecule has 1 fully saturated rings. The highest BCUT2D eigenvalue weighted by Gasteiger charge is 2.67. The van der Waals surface area contributed by atoms with Gasteiger partial charge in [0.05, 0.1) is 11.6 Å². The molecule has 1 aromatic rings. The van der Waals surface area contributed by atoms with Crippen LogP contribution < -0.4 is 0 Å². The first-order valence-electron chi connectivity index (χ1n) is 6.52. The molecule has 1 N–H and O–H groups in total. The van der Waals surface area contributed by atoms with E-state index in [1.807, 2.05) is 6.07 Å². The van der Waals surface area contributed by atoms with E-state index in [9.17, 15) is 14.4 Å². The second-order valence-electron chi connectivity index (χ2n) is 5.29. The molecule has 2 rings (SSSR count). The van der Waals surface area contributed by atoms with Gasteiger partial charge < -0.3 is 9.84 Å². The molecule has 0 aromatic heterocycles. The molecule has 1 aliphatic carbocycles. The molecule has 1 aliphatic rings. The Morgan fingerprint density at radius 3 is 2.71 bits per heavy atom. The smallest absolute Gasteiger partial charge is 0.336 e. The number of alkyl halides is 1. The maximum atomic E-state index is 13.6. The van der Waals surface area contributed by atoms with Crippen molar-refractivity contribution in [3.8, 4) is 6.07 Å². The van der Waals surface area contributed by atoms with Gasteiger partial charge >= 0.3 is 5.97 Å². The Balaban J connectivity index is 2.36. The van der Waals surface area contributed by atoms with Crippen molar-refractivity contribution >= 4 is 12.0 Å². The summed E-state index contributed by atoms with van der Waals surface area (Å²) < 4.78 is 19.0. The average molecular weight is 289 g/mol. The molecule has 0 amide bonds. The highest BCUT2D eigenvalue weighted by molar-refractivity contribution is 5.92. The van der Waals surface area contributed by atoms with Crippen LogP contribution in [0.15, 0.2) is 30.3 Å². The molecule has 3 atom stereocenters. The van der Waals surface area contributed by atoms with Crippen LogP contribution in [0.4, 0.5) is 4.39 Å². The monoisotopic (exact) mass is 289 g/mol. The van der Waals surface area contributed by atoms with Crippen LogP contribution in [-0.4, -0.2) is 30.0 Å². The zero-order valence-corrected chi connectivity index (χ0v) is 11.8. The maximum Gasteiger partial charge on any atom is 0.336 e. The summed E-state index contributed by atoms with van der Waals surface area (Å²) in [6, 6.07) is 8.48. The first-order chi connectivity index (χ1) is 9.90. The first kappa shape index (κ1) is 15.2. The van der Waals surface area contributed by atoms with E-state index < -0.39 is 23.2 Å². The van der Waals surface area contributed by atoms with Crippen LogP contribution in [-0.2, 0) is 4.74 Å². The van der Waals surface area contributed by atoms with E-state index in [0.29, 0.717) is 5.56 Å². The number of halogens is 1. The van der Waals surface area contributed by atoms with Crippen LogP contribution in [0.3, 0.4) is 0 Å². The van der Waals surface area contributed by atoms with Gasteiger partial charge in [0.2, 0.25) is 0 Å². The van der Waals surface area contributed by atoms with Gasteiger partial charge in [-0.2, -0.15) is 5.26 Å². The van der Waals surface area contributed by atoms with E-state index in [-0.39, 0.29) is 12.0 Å². The Bertz CT molecular complexity index is 637. The summed E-state index contributed by atoms with van der Waals surface area (Å²) in [6.45, 7) is 1.63. The standard InChI is InChI=1S/C16H16FNO3/c1-15(21-2,16(10-18)9-13(16)17)8-7-11-5-3-4-6-12(11)14(19)20/h3-8,13H,9H2,1-2H3,(H,19,20)/b8-7+/t13-,15+,16-/m0/s1. The fraction of sp³-hybridized carbons (Fsp3) is 0.375. The fourth-order valence-electron chi connectivity index (χ4n) is 2.45. The predicted molar refractivity (Wildman–Crippen MR) is 75.4 cm³/mol. The van der Waals surface area contributed by atoms with Crippen molar-refractivity contribution in [2.45, 2.75) is 25.1 Å². The van der Waals surface area contributed by atoms with Gasteiger partial charge in [0, 0.05) is 13.5 Å². The number of carboxylic acids is 1. The lowest BCUT2D eigenvalue weighted by Crippen LogP contribution is -2.37. The number of nitriles is 1. The number of carboxylic acid groups (broad SMARTS) is 1. The van der Waals surface area contributed by atoms with Crippen molar-refractivity contribution in [1.82, 2.24) is 0 Å². The summed E-state index contributed by atoms with van der Waals surface area (Å²) in [6.07, 6.45) is 2.03. The predicted octanol–water partition coefficient (Wildman–Crippen LogP) is 3.05. The summed E-state index contributed by atoms with van der Waals surface area (Å²) in [4.78, 5) is 11.2. The first-order valence-corrected chi connectivity index (χ1v) is 6.52. The van der Waals surface area contributed by atoms with Crippen LogP contribution in [0.2, 0.25) is 0 Å². The van der Waals surface area contributed by atoms with Crippen molar-refractivity contribution < 1.29 is 19.0 Å². The summed E-state index contributed by atoms with van der Waals surface area (Å²) in [5.74, 6) is -1.04. The van der Waals surface area contributed by atoms with E-state index >= 15 is 0 Å². The molecule has 4 nitrogen and oxygen atoms in total. The number of nitrogens with zero attached hydrogens (tertiary/aromatic N) is 1. The minimum absolute atomic E-state index is 0.124. The normalized spacial score (nSPS) is 27.0. The number of aromatic carboxylic acids is 1. The molecule has 0 spiro atoms. The molecular weight excluding hydrogens is 273 g/mol. The molecular formula is C16H16FNO3. The zero-order valence-electron chi connectivity index (χ0n) is 11.8. The van der Waals surface area contributed by atoms with Gasteiger partial charge in [-0.1, -0.05) is 30.4 Å². The molecule has 0 unspecified atom stereocenters. The van der Waals surface area contributed by atoms with Gasteiger partial charge in [0.25, 0.3) is 0 Å². The highest BCUT2D eigenvalue weighted by Crippen LogP contribution is 2.57. The number of benzene rings is 1. The van der Waals surface area contributed by atoms with E-state index in [4.69, 9.17) is 9.84 Å². The minimum atomic E-state index is -1.23. The largest absolute Gasteiger partial charge is 0.478 e. The van der Waals surface area contributed by atoms with Gasteiger partial charge in [-0.05, 0) is 18.6 Å². The van der Waals surface area contributed by atoms with Crippen LogP contribution in [0.1, 0.15) is 29.3 Å². The average Bonchev–Trinajstić information content (AvgIpc) is 3.17. The summed E-state index contributed by atoms with van der Waals surface area (Å²) >= 11 is 0. The Hall–Kier alpha value is -2.19. The Labute approximate surface area is 122 Å². The van der Waals surface area contributed by atoms with Crippen LogP contribution in [0.5, 0.6) is 0 Å². The lowest BCUT2D eigenvalue weighted by molar-refractivity contribution is -0.00168. The second kappa shape index (κ2) is 5.30. The van der Waals surface area contributed by atoms with Gasteiger partial charge in [0.15, 0.2) is 0 Å². The van der Waals surface area contributed by atoms with E-state index in [1.54, 1.807) is 37.3 Å². The van der Waals surface area contributed by atoms with Crippen LogP contribution >= 0.6 is 0 Å². The Morgan fingerprint density at radius 2 is 2.24 bits per heavy atom. The summed E-state index contributed by atoms with van der Waals surface area (Å²) in [5, 5.41) is 18.4. The Kier molecular flexibility index (Phi) is 3.84. The van der Waals surface area contributed by atoms with Crippen molar-refractivity contribution in [3.63, 3.8) is 0 Å². The number of hydrogen-bond donors (Lipinski definition) is 1. The number of methoxy groups -OCH3 is 1. The van der Waals surface area contributed by atoms with E-state index in [0.717, 1.165) is 0 Å². The quantitative estimate of drug-likeness (QED) is 0.904. The topological polar surface area (TPSA) is 70.3 Å². The Morgan fingerprint density at radius 1 is 1.62 bits per heavy atom. The van der Waals surface area contributed by atoms with Crippen molar-refractivity contribution in [2.24, 2.45) is 5.41 Å². The molecule has 21 heavy (non-hydrogen) atoms. The van der Waals surface area contributed by atoms with E-state index in [1.165, 1.54) is 13.2 Å². The maximum absolute atomic E-state index is 13.6. The molecule has 0 radical (unpaired) electrons. The highest BCUT2D eigenvalue weighted by atomic mass is 19.1. The van der Waals surface area contributed by atoms with Gasteiger partial charge in [-0.15, -0.1) is 0 Å². The van der Waals surface area contributed by atoms with Crippen LogP contribution in [0.25, 0.3) is 6.08 Å². The lowest BCUT2D eigenvalue weighted by Gasteiger charge is -2.29.